The van der Waals surface area contributed by atoms with Crippen molar-refractivity contribution in [1.82, 2.24) is 26.2 Å². The van der Waals surface area contributed by atoms with Crippen molar-refractivity contribution >= 4 is 59.5 Å². The van der Waals surface area contributed by atoms with Gasteiger partial charge in [0.2, 0.25) is 23.6 Å². The van der Waals surface area contributed by atoms with Crippen molar-refractivity contribution in [2.45, 2.75) is 82.2 Å². The quantitative estimate of drug-likeness (QED) is 0.0622. The Hall–Kier alpha value is -4.34. The Bertz CT molecular complexity index is 1280. The zero-order chi connectivity index (χ0) is 35.7. The predicted molar refractivity (Wildman–Crippen MR) is 182 cm³/mol. The lowest BCUT2D eigenvalue weighted by Gasteiger charge is -2.33. The van der Waals surface area contributed by atoms with E-state index < -0.39 is 29.6 Å². The monoisotopic (exact) mass is 691 g/mol. The Kier molecular flexibility index (Phi) is 16.7. The SMILES string of the molecule is CNC(=O)OCc1ccc(NC[C@@](C=O)(CCCNC(N)=O)NC(=O)[C@@H](NC(=O)CCCCCN2C(=O)CC(SC)C2=O)C(C)C)cc1. The number of hydrogen-bond donors (Lipinski definition) is 6. The molecule has 0 radical (unpaired) electrons. The molecule has 1 unspecified atom stereocenters. The van der Waals surface area contributed by atoms with E-state index in [0.29, 0.717) is 44.2 Å². The van der Waals surface area contributed by atoms with Crippen molar-refractivity contribution in [2.75, 3.05) is 38.3 Å². The summed E-state index contributed by atoms with van der Waals surface area (Å²) in [4.78, 5) is 87.1. The maximum absolute atomic E-state index is 13.6. The zero-order valence-corrected chi connectivity index (χ0v) is 28.9. The van der Waals surface area contributed by atoms with E-state index in [0.717, 1.165) is 5.56 Å². The van der Waals surface area contributed by atoms with E-state index in [4.69, 9.17) is 10.5 Å². The Morgan fingerprint density at radius 2 is 1.81 bits per heavy atom. The summed E-state index contributed by atoms with van der Waals surface area (Å²) in [5, 5.41) is 13.3. The first-order valence-electron chi connectivity index (χ1n) is 16.0. The van der Waals surface area contributed by atoms with E-state index in [1.807, 2.05) is 0 Å². The molecule has 1 fully saturated rings. The third kappa shape index (κ3) is 13.0. The summed E-state index contributed by atoms with van der Waals surface area (Å²) >= 11 is 1.37. The van der Waals surface area contributed by atoms with Crippen molar-refractivity contribution in [1.29, 1.82) is 0 Å². The number of hydrogen-bond acceptors (Lipinski definition) is 10. The molecule has 266 valence electrons. The van der Waals surface area contributed by atoms with E-state index in [9.17, 15) is 33.6 Å². The first-order chi connectivity index (χ1) is 22.8. The Morgan fingerprint density at radius 3 is 2.40 bits per heavy atom. The Balaban J connectivity index is 1.99. The van der Waals surface area contributed by atoms with Crippen LogP contribution in [0.25, 0.3) is 0 Å². The van der Waals surface area contributed by atoms with Crippen LogP contribution in [0.5, 0.6) is 0 Å². The highest BCUT2D eigenvalue weighted by molar-refractivity contribution is 8.00. The average Bonchev–Trinajstić information content (AvgIpc) is 3.34. The van der Waals surface area contributed by atoms with Crippen LogP contribution in [0.2, 0.25) is 0 Å². The number of anilines is 1. The van der Waals surface area contributed by atoms with Crippen LogP contribution in [-0.2, 0) is 35.3 Å². The molecule has 7 amide bonds. The average molecular weight is 692 g/mol. The van der Waals surface area contributed by atoms with Gasteiger partial charge in [0.25, 0.3) is 0 Å². The normalized spacial score (nSPS) is 16.1. The summed E-state index contributed by atoms with van der Waals surface area (Å²) in [6.07, 6.45) is 4.44. The number of primary amides is 1. The molecule has 1 aliphatic rings. The van der Waals surface area contributed by atoms with Gasteiger partial charge in [-0.05, 0) is 55.6 Å². The fourth-order valence-electron chi connectivity index (χ4n) is 5.05. The second kappa shape index (κ2) is 20.1. The van der Waals surface area contributed by atoms with Gasteiger partial charge in [-0.15, -0.1) is 0 Å². The summed E-state index contributed by atoms with van der Waals surface area (Å²) in [7, 11) is 1.46. The molecule has 0 aliphatic carbocycles. The molecule has 0 aromatic heterocycles. The molecule has 2 rings (SSSR count). The number of benzene rings is 1. The van der Waals surface area contributed by atoms with Gasteiger partial charge in [-0.2, -0.15) is 11.8 Å². The Labute approximate surface area is 285 Å². The molecule has 15 nitrogen and oxygen atoms in total. The first-order valence-corrected chi connectivity index (χ1v) is 17.3. The van der Waals surface area contributed by atoms with Gasteiger partial charge in [-0.25, -0.2) is 9.59 Å². The van der Waals surface area contributed by atoms with Gasteiger partial charge in [0.1, 0.15) is 24.5 Å². The van der Waals surface area contributed by atoms with Crippen molar-refractivity contribution < 1.29 is 38.3 Å². The minimum Gasteiger partial charge on any atom is -0.445 e. The molecule has 3 atom stereocenters. The van der Waals surface area contributed by atoms with Gasteiger partial charge in [-0.1, -0.05) is 32.4 Å². The molecule has 0 bridgehead atoms. The minimum atomic E-state index is -1.39. The predicted octanol–water partition coefficient (Wildman–Crippen LogP) is 1.65. The topological polar surface area (TPSA) is 218 Å². The highest BCUT2D eigenvalue weighted by Crippen LogP contribution is 2.23. The number of carbonyl (C=O) groups excluding carboxylic acids is 7. The smallest absolute Gasteiger partial charge is 0.407 e. The summed E-state index contributed by atoms with van der Waals surface area (Å²) in [5.74, 6) is -1.50. The van der Waals surface area contributed by atoms with Crippen LogP contribution in [0.15, 0.2) is 24.3 Å². The molecule has 1 aromatic carbocycles. The molecule has 7 N–H and O–H groups in total. The fraction of sp³-hybridized carbons (Fsp3) is 0.594. The van der Waals surface area contributed by atoms with Gasteiger partial charge >= 0.3 is 12.1 Å². The molecule has 1 saturated heterocycles. The van der Waals surface area contributed by atoms with Crippen LogP contribution in [0.1, 0.15) is 64.4 Å². The number of rotatable bonds is 21. The van der Waals surface area contributed by atoms with Crippen molar-refractivity contribution in [2.24, 2.45) is 11.7 Å². The molecule has 0 spiro atoms. The van der Waals surface area contributed by atoms with Gasteiger partial charge < -0.3 is 41.8 Å². The van der Waals surface area contributed by atoms with Crippen LogP contribution in [0.4, 0.5) is 15.3 Å². The lowest BCUT2D eigenvalue weighted by Crippen LogP contribution is -2.60. The van der Waals surface area contributed by atoms with Crippen LogP contribution in [-0.4, -0.2) is 96.7 Å². The molecule has 48 heavy (non-hydrogen) atoms. The van der Waals surface area contributed by atoms with Crippen LogP contribution < -0.4 is 32.3 Å². The third-order valence-corrected chi connectivity index (χ3v) is 8.81. The van der Waals surface area contributed by atoms with E-state index in [-0.39, 0.29) is 67.8 Å². The summed E-state index contributed by atoms with van der Waals surface area (Å²) in [5.41, 5.74) is 5.16. The molecule has 1 heterocycles. The van der Waals surface area contributed by atoms with Gasteiger partial charge in [0, 0.05) is 45.2 Å². The Morgan fingerprint density at radius 1 is 1.10 bits per heavy atom. The molecule has 1 aliphatic heterocycles. The third-order valence-electron chi connectivity index (χ3n) is 7.87. The zero-order valence-electron chi connectivity index (χ0n) is 28.1. The summed E-state index contributed by atoms with van der Waals surface area (Å²) < 4.78 is 5.04. The fourth-order valence-corrected chi connectivity index (χ4v) is 5.69. The van der Waals surface area contributed by atoms with Crippen molar-refractivity contribution in [3.63, 3.8) is 0 Å². The van der Waals surface area contributed by atoms with Gasteiger partial charge in [0.05, 0.1) is 5.25 Å². The summed E-state index contributed by atoms with van der Waals surface area (Å²) in [6.45, 7) is 4.14. The maximum atomic E-state index is 13.6. The highest BCUT2D eigenvalue weighted by Gasteiger charge is 2.38. The highest BCUT2D eigenvalue weighted by atomic mass is 32.2. The second-order valence-electron chi connectivity index (χ2n) is 11.9. The molecule has 1 aromatic rings. The number of amides is 7. The number of nitrogens with two attached hydrogens (primary N) is 1. The standard InChI is InChI=1S/C32H49N7O8S/c1-21(2)27(37-25(41)9-6-5-7-16-39-26(42)17-24(48-4)29(39)44)28(43)38-32(20-40,14-8-15-35-30(33)45)19-36-23-12-10-22(11-13-23)18-47-31(46)34-3/h10-13,20-21,24,27,36H,5-9,14-19H2,1-4H3,(H,34,46)(H,37,41)(H,38,43)(H3,33,35,45)/t24?,27-,32+/m0/s1. The number of imide groups is 1. The van der Waals surface area contributed by atoms with Gasteiger partial charge in [-0.3, -0.25) is 24.1 Å². The number of ether oxygens (including phenoxy) is 1. The van der Waals surface area contributed by atoms with Crippen LogP contribution in [0, 0.1) is 5.92 Å². The first kappa shape index (κ1) is 39.8. The largest absolute Gasteiger partial charge is 0.445 e. The molecular weight excluding hydrogens is 642 g/mol. The van der Waals surface area contributed by atoms with Crippen LogP contribution >= 0.6 is 11.8 Å². The number of alkyl carbamates (subject to hydrolysis) is 1. The van der Waals surface area contributed by atoms with E-state index in [1.165, 1.54) is 23.7 Å². The lowest BCUT2D eigenvalue weighted by molar-refractivity contribution is -0.138. The number of carbonyl (C=O) groups is 7. The molecule has 0 saturated carbocycles. The number of urea groups is 1. The number of thioether (sulfide) groups is 1. The summed E-state index contributed by atoms with van der Waals surface area (Å²) in [6, 6.07) is 5.35. The second-order valence-corrected chi connectivity index (χ2v) is 13.0. The molecular formula is C32H49N7O8S. The number of nitrogens with zero attached hydrogens (tertiary/aromatic N) is 1. The number of likely N-dealkylation sites (tertiary alicyclic amines) is 1. The lowest BCUT2D eigenvalue weighted by atomic mass is 9.92. The molecule has 16 heteroatoms. The van der Waals surface area contributed by atoms with Crippen LogP contribution in [0.3, 0.4) is 0 Å². The van der Waals surface area contributed by atoms with Crippen molar-refractivity contribution in [3.05, 3.63) is 29.8 Å². The number of aldehydes is 1. The number of unbranched alkanes of at least 4 members (excludes halogenated alkanes) is 2. The van der Waals surface area contributed by atoms with Gasteiger partial charge in [0.15, 0.2) is 0 Å². The minimum absolute atomic E-state index is 0.00533. The van der Waals surface area contributed by atoms with E-state index >= 15 is 0 Å². The number of nitrogens with one attached hydrogen (secondary N) is 5. The van der Waals surface area contributed by atoms with Crippen molar-refractivity contribution in [3.8, 4) is 0 Å². The van der Waals surface area contributed by atoms with E-state index in [1.54, 1.807) is 44.4 Å². The maximum Gasteiger partial charge on any atom is 0.407 e. The van der Waals surface area contributed by atoms with E-state index in [2.05, 4.69) is 26.6 Å².